The van der Waals surface area contributed by atoms with Crippen molar-refractivity contribution in [3.63, 3.8) is 0 Å². The average molecular weight is 386 g/mol. The Morgan fingerprint density at radius 3 is 0.962 bits per heavy atom. The summed E-state index contributed by atoms with van der Waals surface area (Å²) in [5.74, 6) is -6.73. The van der Waals surface area contributed by atoms with Crippen molar-refractivity contribution >= 4 is 52.6 Å². The molecule has 0 aliphatic rings. The second-order valence-corrected chi connectivity index (χ2v) is 5.03. The molecule has 0 saturated heterocycles. The maximum Gasteiger partial charge on any atom is 3.00 e. The summed E-state index contributed by atoms with van der Waals surface area (Å²) in [4.78, 5) is 60.2. The van der Waals surface area contributed by atoms with Crippen molar-refractivity contribution in [2.24, 2.45) is 11.8 Å². The smallest absolute Gasteiger partial charge is 0.550 e. The molecule has 144 valence electrons. The molecule has 10 heteroatoms. The van der Waals surface area contributed by atoms with E-state index in [9.17, 15) is 44.1 Å². The first-order chi connectivity index (χ1) is 11.3. The van der Waals surface area contributed by atoms with Crippen molar-refractivity contribution in [3.05, 3.63) is 0 Å². The fourth-order valence-electron chi connectivity index (χ4n) is 1.44. The molecule has 0 bridgehead atoms. The molecule has 2 unspecified atom stereocenters. The van der Waals surface area contributed by atoms with Gasteiger partial charge in [-0.05, 0) is 33.6 Å². The number of Topliss-reactive ketones (excluding diaryl/α,β-unsaturated/α-hetero) is 3. The van der Waals surface area contributed by atoms with Gasteiger partial charge in [0.05, 0.1) is 23.8 Å². The number of hydrogen-bond acceptors (Lipinski definition) is 9. The Kier molecular flexibility index (Phi) is 21.7. The predicted octanol–water partition coefficient (Wildman–Crippen LogP) is -2.96. The van der Waals surface area contributed by atoms with E-state index in [1.54, 1.807) is 13.8 Å². The second kappa shape index (κ2) is 17.8. The van der Waals surface area contributed by atoms with E-state index in [0.717, 1.165) is 0 Å². The number of ketones is 3. The van der Waals surface area contributed by atoms with E-state index in [0.29, 0.717) is 12.8 Å². The zero-order valence-corrected chi connectivity index (χ0v) is 16.7. The molecule has 0 spiro atoms. The quantitative estimate of drug-likeness (QED) is 0.312. The van der Waals surface area contributed by atoms with Crippen LogP contribution in [0.1, 0.15) is 53.9 Å². The standard InChI is InChI=1S/2C6H10O3.C4H6O3.Al/c2*1-3-5(4(2)7)6(8)9;1-3(5)2-4(6)7;/h2*5H,3H2,1-2H3,(H,8,9);2H2,1H3,(H,6,7);/q;;;+3/p-3. The van der Waals surface area contributed by atoms with Crippen molar-refractivity contribution in [1.82, 2.24) is 0 Å². The van der Waals surface area contributed by atoms with Crippen LogP contribution in [0.15, 0.2) is 0 Å². The van der Waals surface area contributed by atoms with Gasteiger partial charge < -0.3 is 29.7 Å². The predicted molar refractivity (Wildman–Crippen MR) is 85.0 cm³/mol. The molecule has 0 fully saturated rings. The van der Waals surface area contributed by atoms with E-state index >= 15 is 0 Å². The topological polar surface area (TPSA) is 172 Å². The summed E-state index contributed by atoms with van der Waals surface area (Å²) in [6.45, 7) is 6.99. The van der Waals surface area contributed by atoms with Gasteiger partial charge in [0.2, 0.25) is 0 Å². The summed E-state index contributed by atoms with van der Waals surface area (Å²) in [6, 6.07) is 0. The number of aliphatic carboxylic acids is 3. The molecule has 0 amide bonds. The number of carbonyl (C=O) groups is 6. The van der Waals surface area contributed by atoms with Crippen molar-refractivity contribution in [1.29, 1.82) is 0 Å². The van der Waals surface area contributed by atoms with Gasteiger partial charge in [-0.1, -0.05) is 13.8 Å². The van der Waals surface area contributed by atoms with Gasteiger partial charge in [0.25, 0.3) is 0 Å². The van der Waals surface area contributed by atoms with E-state index in [1.807, 2.05) is 0 Å². The zero-order valence-electron chi connectivity index (χ0n) is 15.5. The van der Waals surface area contributed by atoms with Crippen LogP contribution < -0.4 is 15.3 Å². The van der Waals surface area contributed by atoms with Gasteiger partial charge in [0.15, 0.2) is 0 Å². The molecule has 0 rings (SSSR count). The Bertz CT molecular complexity index is 428. The minimum absolute atomic E-state index is 0. The Morgan fingerprint density at radius 2 is 0.962 bits per heavy atom. The van der Waals surface area contributed by atoms with Crippen molar-refractivity contribution in [2.75, 3.05) is 0 Å². The number of hydrogen-bond donors (Lipinski definition) is 0. The Labute approximate surface area is 162 Å². The second-order valence-electron chi connectivity index (χ2n) is 5.03. The summed E-state index contributed by atoms with van der Waals surface area (Å²) >= 11 is 0. The Balaban J connectivity index is -0.000000138. The number of rotatable bonds is 8. The normalized spacial score (nSPS) is 11.0. The van der Waals surface area contributed by atoms with E-state index in [4.69, 9.17) is 0 Å². The van der Waals surface area contributed by atoms with Crippen LogP contribution in [0.4, 0.5) is 0 Å². The maximum absolute atomic E-state index is 10.4. The van der Waals surface area contributed by atoms with Crippen LogP contribution >= 0.6 is 0 Å². The molecule has 0 aromatic rings. The van der Waals surface area contributed by atoms with Crippen LogP contribution in [-0.4, -0.2) is 52.6 Å². The third-order valence-corrected chi connectivity index (χ3v) is 2.76. The molecule has 0 aliphatic carbocycles. The van der Waals surface area contributed by atoms with Crippen LogP contribution in [0.3, 0.4) is 0 Å². The number of carbonyl (C=O) groups excluding carboxylic acids is 6. The summed E-state index contributed by atoms with van der Waals surface area (Å²) in [7, 11) is 0. The van der Waals surface area contributed by atoms with Crippen molar-refractivity contribution < 1.29 is 44.1 Å². The Morgan fingerprint density at radius 1 is 0.692 bits per heavy atom. The van der Waals surface area contributed by atoms with Gasteiger partial charge in [-0.25, -0.2) is 0 Å². The molecule has 0 aromatic carbocycles. The average Bonchev–Trinajstić information content (AvgIpc) is 2.37. The third kappa shape index (κ3) is 20.0. The minimum atomic E-state index is -1.31. The molecule has 0 radical (unpaired) electrons. The van der Waals surface area contributed by atoms with Gasteiger partial charge in [-0.3, -0.25) is 14.4 Å². The number of carboxylic acid groups (broad SMARTS) is 3. The number of carboxylic acids is 3. The largest absolute Gasteiger partial charge is 3.00 e. The van der Waals surface area contributed by atoms with Crippen LogP contribution in [-0.2, 0) is 28.8 Å². The molecule has 26 heavy (non-hydrogen) atoms. The van der Waals surface area contributed by atoms with Gasteiger partial charge in [0.1, 0.15) is 17.3 Å². The molecular formula is C16H23AlO9. The van der Waals surface area contributed by atoms with Gasteiger partial charge >= 0.3 is 17.4 Å². The van der Waals surface area contributed by atoms with E-state index in [2.05, 4.69) is 0 Å². The van der Waals surface area contributed by atoms with Crippen LogP contribution in [0.25, 0.3) is 0 Å². The monoisotopic (exact) mass is 386 g/mol. The molecule has 0 aromatic heterocycles. The molecule has 0 heterocycles. The van der Waals surface area contributed by atoms with E-state index in [1.165, 1.54) is 20.8 Å². The van der Waals surface area contributed by atoms with E-state index in [-0.39, 0.29) is 34.7 Å². The van der Waals surface area contributed by atoms with Crippen molar-refractivity contribution in [3.8, 4) is 0 Å². The summed E-state index contributed by atoms with van der Waals surface area (Å²) in [5.41, 5.74) is 0. The van der Waals surface area contributed by atoms with Gasteiger partial charge in [0, 0.05) is 12.4 Å². The fraction of sp³-hybridized carbons (Fsp3) is 0.625. The SMILES string of the molecule is CC(=O)CC(=O)[O-].CCC(C(C)=O)C(=O)[O-].CCC(C(C)=O)C(=O)[O-].[Al+3]. The van der Waals surface area contributed by atoms with Gasteiger partial charge in [-0.2, -0.15) is 0 Å². The fourth-order valence-corrected chi connectivity index (χ4v) is 1.44. The molecule has 0 saturated carbocycles. The summed E-state index contributed by atoms with van der Waals surface area (Å²) in [5, 5.41) is 29.6. The van der Waals surface area contributed by atoms with Crippen LogP contribution in [0.5, 0.6) is 0 Å². The zero-order chi connectivity index (χ0) is 20.7. The summed E-state index contributed by atoms with van der Waals surface area (Å²) < 4.78 is 0. The van der Waals surface area contributed by atoms with Crippen molar-refractivity contribution in [2.45, 2.75) is 53.9 Å². The van der Waals surface area contributed by atoms with E-state index < -0.39 is 36.2 Å². The molecular weight excluding hydrogens is 363 g/mol. The van der Waals surface area contributed by atoms with Crippen LogP contribution in [0, 0.1) is 11.8 Å². The summed E-state index contributed by atoms with van der Waals surface area (Å²) in [6.07, 6.45) is 0.162. The minimum Gasteiger partial charge on any atom is -0.550 e. The maximum atomic E-state index is 10.4. The Hall–Kier alpha value is -2.05. The first-order valence-electron chi connectivity index (χ1n) is 7.43. The molecule has 9 nitrogen and oxygen atoms in total. The third-order valence-electron chi connectivity index (χ3n) is 2.76. The van der Waals surface area contributed by atoms with Crippen LogP contribution in [0.2, 0.25) is 0 Å². The first kappa shape index (κ1) is 31.7. The van der Waals surface area contributed by atoms with Gasteiger partial charge in [-0.15, -0.1) is 0 Å². The first-order valence-corrected chi connectivity index (χ1v) is 7.43. The molecule has 0 N–H and O–H groups in total. The molecule has 2 atom stereocenters. The molecule has 0 aliphatic heterocycles.